The Hall–Kier alpha value is -0.850. The van der Waals surface area contributed by atoms with Crippen molar-refractivity contribution in [2.24, 2.45) is 5.73 Å². The fraction of sp³-hybridized carbons (Fsp3) is 0.429. The number of benzene rings is 1. The Kier molecular flexibility index (Phi) is 5.63. The van der Waals surface area contributed by atoms with Crippen molar-refractivity contribution in [1.29, 1.82) is 0 Å². The predicted octanol–water partition coefficient (Wildman–Crippen LogP) is 3.97. The third-order valence-corrected chi connectivity index (χ3v) is 4.71. The zero-order chi connectivity index (χ0) is 14.5. The molecule has 0 aliphatic rings. The van der Waals surface area contributed by atoms with Crippen LogP contribution < -0.4 is 5.73 Å². The Morgan fingerprint density at radius 2 is 2.05 bits per heavy atom. The van der Waals surface area contributed by atoms with Crippen LogP contribution in [-0.4, -0.2) is 16.2 Å². The van der Waals surface area contributed by atoms with Gasteiger partial charge in [-0.3, -0.25) is 0 Å². The van der Waals surface area contributed by atoms with E-state index in [0.29, 0.717) is 17.5 Å². The van der Waals surface area contributed by atoms with Crippen LogP contribution in [0.25, 0.3) is 0 Å². The number of thioether (sulfide) groups is 1. The third-order valence-electron chi connectivity index (χ3n) is 3.17. The van der Waals surface area contributed by atoms with E-state index in [4.69, 9.17) is 10.3 Å². The van der Waals surface area contributed by atoms with E-state index in [9.17, 15) is 0 Å². The highest BCUT2D eigenvalue weighted by Gasteiger charge is 2.19. The third kappa shape index (κ3) is 4.07. The summed E-state index contributed by atoms with van der Waals surface area (Å²) in [6, 6.07) is 8.22. The lowest BCUT2D eigenvalue weighted by Gasteiger charge is -2.13. The molecule has 0 spiro atoms. The van der Waals surface area contributed by atoms with Gasteiger partial charge >= 0.3 is 0 Å². The SMILES string of the molecule is CCC(N)C(C)c1nc(CSc2ccc(Br)cc2)no1. The first-order chi connectivity index (χ1) is 9.60. The van der Waals surface area contributed by atoms with Crippen molar-refractivity contribution < 1.29 is 4.52 Å². The van der Waals surface area contributed by atoms with Gasteiger partial charge in [0, 0.05) is 15.4 Å². The molecule has 0 aliphatic carbocycles. The van der Waals surface area contributed by atoms with E-state index in [1.807, 2.05) is 19.1 Å². The zero-order valence-electron chi connectivity index (χ0n) is 11.5. The normalized spacial score (nSPS) is 14.2. The minimum Gasteiger partial charge on any atom is -0.339 e. The molecule has 0 fully saturated rings. The molecule has 0 amide bonds. The number of aromatic nitrogens is 2. The van der Waals surface area contributed by atoms with E-state index in [2.05, 4.69) is 45.1 Å². The molecule has 2 atom stereocenters. The van der Waals surface area contributed by atoms with Gasteiger partial charge in [0.05, 0.1) is 11.7 Å². The quantitative estimate of drug-likeness (QED) is 0.794. The van der Waals surface area contributed by atoms with Crippen molar-refractivity contribution >= 4 is 27.7 Å². The highest BCUT2D eigenvalue weighted by molar-refractivity contribution is 9.10. The molecule has 2 unspecified atom stereocenters. The predicted molar refractivity (Wildman–Crippen MR) is 84.7 cm³/mol. The summed E-state index contributed by atoms with van der Waals surface area (Å²) >= 11 is 5.10. The van der Waals surface area contributed by atoms with Crippen molar-refractivity contribution in [3.8, 4) is 0 Å². The van der Waals surface area contributed by atoms with Gasteiger partial charge in [-0.1, -0.05) is 34.9 Å². The lowest BCUT2D eigenvalue weighted by Crippen LogP contribution is -2.25. The second kappa shape index (κ2) is 7.24. The van der Waals surface area contributed by atoms with Gasteiger partial charge < -0.3 is 10.3 Å². The Morgan fingerprint density at radius 3 is 2.70 bits per heavy atom. The first kappa shape index (κ1) is 15.5. The van der Waals surface area contributed by atoms with Gasteiger partial charge in [0.15, 0.2) is 5.82 Å². The Labute approximate surface area is 131 Å². The summed E-state index contributed by atoms with van der Waals surface area (Å²) in [5.41, 5.74) is 6.00. The number of rotatable bonds is 6. The summed E-state index contributed by atoms with van der Waals surface area (Å²) < 4.78 is 6.37. The molecular weight excluding hydrogens is 338 g/mol. The molecule has 0 saturated heterocycles. The van der Waals surface area contributed by atoms with Gasteiger partial charge in [-0.15, -0.1) is 11.8 Å². The molecule has 0 saturated carbocycles. The maximum Gasteiger partial charge on any atom is 0.231 e. The van der Waals surface area contributed by atoms with E-state index in [0.717, 1.165) is 10.9 Å². The summed E-state index contributed by atoms with van der Waals surface area (Å²) in [5, 5.41) is 4.01. The maximum absolute atomic E-state index is 6.00. The van der Waals surface area contributed by atoms with Gasteiger partial charge in [0.1, 0.15) is 0 Å². The topological polar surface area (TPSA) is 64.9 Å². The van der Waals surface area contributed by atoms with Crippen LogP contribution in [0.1, 0.15) is 37.9 Å². The molecular formula is C14H18BrN3OS. The zero-order valence-corrected chi connectivity index (χ0v) is 13.9. The van der Waals surface area contributed by atoms with Crippen LogP contribution in [0.5, 0.6) is 0 Å². The fourth-order valence-electron chi connectivity index (χ4n) is 1.73. The molecule has 2 N–H and O–H groups in total. The first-order valence-electron chi connectivity index (χ1n) is 6.56. The summed E-state index contributed by atoms with van der Waals surface area (Å²) in [6.45, 7) is 4.08. The lowest BCUT2D eigenvalue weighted by molar-refractivity contribution is 0.337. The molecule has 20 heavy (non-hydrogen) atoms. The lowest BCUT2D eigenvalue weighted by atomic mass is 10.0. The van der Waals surface area contributed by atoms with Crippen LogP contribution in [0, 0.1) is 0 Å². The molecule has 108 valence electrons. The maximum atomic E-state index is 6.00. The summed E-state index contributed by atoms with van der Waals surface area (Å²) in [7, 11) is 0. The Bertz CT molecular complexity index is 544. The van der Waals surface area contributed by atoms with Gasteiger partial charge in [-0.05, 0) is 30.7 Å². The van der Waals surface area contributed by atoms with Crippen LogP contribution in [0.4, 0.5) is 0 Å². The fourth-order valence-corrected chi connectivity index (χ4v) is 2.73. The van der Waals surface area contributed by atoms with Crippen LogP contribution in [-0.2, 0) is 5.75 Å². The molecule has 1 aromatic carbocycles. The van der Waals surface area contributed by atoms with Crippen molar-refractivity contribution in [2.45, 2.75) is 42.9 Å². The number of nitrogens with two attached hydrogens (primary N) is 1. The van der Waals surface area contributed by atoms with Gasteiger partial charge in [0.2, 0.25) is 5.89 Å². The molecule has 0 aliphatic heterocycles. The molecule has 1 aromatic heterocycles. The number of hydrogen-bond acceptors (Lipinski definition) is 5. The average Bonchev–Trinajstić information content (AvgIpc) is 2.94. The number of hydrogen-bond donors (Lipinski definition) is 1. The average molecular weight is 356 g/mol. The Balaban J connectivity index is 1.94. The highest BCUT2D eigenvalue weighted by atomic mass is 79.9. The minimum atomic E-state index is 0.0578. The molecule has 6 heteroatoms. The van der Waals surface area contributed by atoms with Crippen molar-refractivity contribution in [3.63, 3.8) is 0 Å². The van der Waals surface area contributed by atoms with Gasteiger partial charge in [0.25, 0.3) is 0 Å². The number of nitrogens with zero attached hydrogens (tertiary/aromatic N) is 2. The van der Waals surface area contributed by atoms with Gasteiger partial charge in [-0.25, -0.2) is 0 Å². The van der Waals surface area contributed by atoms with E-state index >= 15 is 0 Å². The number of halogens is 1. The van der Waals surface area contributed by atoms with Crippen molar-refractivity contribution in [2.75, 3.05) is 0 Å². The van der Waals surface area contributed by atoms with Crippen molar-refractivity contribution in [1.82, 2.24) is 10.1 Å². The molecule has 2 aromatic rings. The summed E-state index contributed by atoms with van der Waals surface area (Å²) in [4.78, 5) is 5.60. The van der Waals surface area contributed by atoms with Crippen LogP contribution in [0.3, 0.4) is 0 Å². The second-order valence-electron chi connectivity index (χ2n) is 4.65. The van der Waals surface area contributed by atoms with E-state index in [1.54, 1.807) is 11.8 Å². The molecule has 0 bridgehead atoms. The summed E-state index contributed by atoms with van der Waals surface area (Å²) in [5.74, 6) is 2.13. The monoisotopic (exact) mass is 355 g/mol. The standard InChI is InChI=1S/C14H18BrN3OS/c1-3-12(16)9(2)14-17-13(18-19-14)8-20-11-6-4-10(15)5-7-11/h4-7,9,12H,3,8,16H2,1-2H3. The summed E-state index contributed by atoms with van der Waals surface area (Å²) in [6.07, 6.45) is 0.895. The molecule has 1 heterocycles. The smallest absolute Gasteiger partial charge is 0.231 e. The van der Waals surface area contributed by atoms with Gasteiger partial charge in [-0.2, -0.15) is 4.98 Å². The molecule has 0 radical (unpaired) electrons. The van der Waals surface area contributed by atoms with E-state index in [1.165, 1.54) is 4.90 Å². The van der Waals surface area contributed by atoms with Crippen LogP contribution in [0.15, 0.2) is 38.2 Å². The molecule has 4 nitrogen and oxygen atoms in total. The largest absolute Gasteiger partial charge is 0.339 e. The minimum absolute atomic E-state index is 0.0578. The van der Waals surface area contributed by atoms with Crippen LogP contribution >= 0.6 is 27.7 Å². The second-order valence-corrected chi connectivity index (χ2v) is 6.62. The van der Waals surface area contributed by atoms with Crippen LogP contribution in [0.2, 0.25) is 0 Å². The molecule has 2 rings (SSSR count). The Morgan fingerprint density at radius 1 is 1.35 bits per heavy atom. The highest BCUT2D eigenvalue weighted by Crippen LogP contribution is 2.24. The van der Waals surface area contributed by atoms with E-state index in [-0.39, 0.29) is 12.0 Å². The first-order valence-corrected chi connectivity index (χ1v) is 8.34. The van der Waals surface area contributed by atoms with Crippen molar-refractivity contribution in [3.05, 3.63) is 40.5 Å². The van der Waals surface area contributed by atoms with E-state index < -0.39 is 0 Å².